The number of nitrogens with zero attached hydrogens (tertiary/aromatic N) is 1. The minimum atomic E-state index is -2.16. The monoisotopic (exact) mass is 518 g/mol. The van der Waals surface area contributed by atoms with Crippen LogP contribution in [0.3, 0.4) is 0 Å². The largest absolute Gasteiger partial charge is 0.408 e. The molecule has 1 heterocycles. The van der Waals surface area contributed by atoms with E-state index < -0.39 is 26.0 Å². The summed E-state index contributed by atoms with van der Waals surface area (Å²) >= 11 is 0. The lowest BCUT2D eigenvalue weighted by atomic mass is 9.86. The first-order chi connectivity index (χ1) is 14.6. The van der Waals surface area contributed by atoms with E-state index in [0.29, 0.717) is 35.0 Å². The summed E-state index contributed by atoms with van der Waals surface area (Å²) in [6, 6.07) is 7.70. The van der Waals surface area contributed by atoms with Crippen LogP contribution in [0.15, 0.2) is 36.5 Å². The van der Waals surface area contributed by atoms with Gasteiger partial charge in [-0.1, -0.05) is 59.7 Å². The molecule has 8 heteroatoms. The first-order valence-corrected chi connectivity index (χ1v) is 13.6. The standard InChI is InChI=1S/C25H36F2N2OSi.2ClH/c1-15(2)31(16(3)4,17(5)6)30-22-13-12-19(18-9-7-11-21(26)23(18)27)24(28)20-10-8-14-29-25(20)22;;/h7-11,14-17,19,22,24H,12-13,28H2,1-6H3;2*1H/t19-,22+,24-;;/m0../s1. The average Bonchev–Trinajstić information content (AvgIpc) is 2.84. The maximum atomic E-state index is 14.7. The molecule has 0 saturated heterocycles. The van der Waals surface area contributed by atoms with E-state index in [9.17, 15) is 8.78 Å². The molecular formula is C25H38Cl2F2N2OSi. The second-order valence-electron chi connectivity index (χ2n) is 9.75. The van der Waals surface area contributed by atoms with Crippen molar-refractivity contribution in [1.82, 2.24) is 4.98 Å². The average molecular weight is 520 g/mol. The summed E-state index contributed by atoms with van der Waals surface area (Å²) in [6.45, 7) is 13.6. The summed E-state index contributed by atoms with van der Waals surface area (Å²) in [4.78, 5) is 4.69. The molecule has 3 atom stereocenters. The molecule has 0 amide bonds. The fourth-order valence-electron chi connectivity index (χ4n) is 5.77. The molecule has 186 valence electrons. The number of aromatic nitrogens is 1. The van der Waals surface area contributed by atoms with Gasteiger partial charge in [-0.25, -0.2) is 8.78 Å². The zero-order chi connectivity index (χ0) is 22.9. The number of hydrogen-bond acceptors (Lipinski definition) is 3. The van der Waals surface area contributed by atoms with Crippen molar-refractivity contribution < 1.29 is 13.2 Å². The number of nitrogens with two attached hydrogens (primary N) is 1. The van der Waals surface area contributed by atoms with E-state index in [1.54, 1.807) is 18.3 Å². The van der Waals surface area contributed by atoms with Crippen molar-refractivity contribution in [2.75, 3.05) is 0 Å². The van der Waals surface area contributed by atoms with Gasteiger partial charge in [-0.05, 0) is 52.7 Å². The van der Waals surface area contributed by atoms with Crippen LogP contribution >= 0.6 is 24.8 Å². The Bertz CT molecular complexity index is 892. The number of halogens is 4. The van der Waals surface area contributed by atoms with Crippen LogP contribution in [-0.2, 0) is 4.43 Å². The maximum absolute atomic E-state index is 14.7. The Hall–Kier alpha value is -1.05. The van der Waals surface area contributed by atoms with E-state index in [1.807, 2.05) is 12.1 Å². The van der Waals surface area contributed by atoms with E-state index in [4.69, 9.17) is 15.1 Å². The predicted octanol–water partition coefficient (Wildman–Crippen LogP) is 8.01. The first-order valence-electron chi connectivity index (χ1n) is 11.4. The third-order valence-corrected chi connectivity index (χ3v) is 13.3. The lowest BCUT2D eigenvalue weighted by Gasteiger charge is -2.44. The van der Waals surface area contributed by atoms with Crippen molar-refractivity contribution in [3.63, 3.8) is 0 Å². The van der Waals surface area contributed by atoms with Crippen molar-refractivity contribution in [2.24, 2.45) is 5.73 Å². The molecule has 0 unspecified atom stereocenters. The smallest absolute Gasteiger partial charge is 0.201 e. The first kappa shape index (κ1) is 30.0. The minimum Gasteiger partial charge on any atom is -0.408 e. The van der Waals surface area contributed by atoms with Gasteiger partial charge in [-0.2, -0.15) is 0 Å². The molecule has 0 bridgehead atoms. The molecule has 2 N–H and O–H groups in total. The topological polar surface area (TPSA) is 48.1 Å². The summed E-state index contributed by atoms with van der Waals surface area (Å²) in [5, 5.41) is 0. The van der Waals surface area contributed by atoms with Crippen LogP contribution < -0.4 is 5.73 Å². The molecule has 1 aliphatic carbocycles. The Balaban J connectivity index is 0.00000272. The lowest BCUT2D eigenvalue weighted by molar-refractivity contribution is 0.159. The van der Waals surface area contributed by atoms with E-state index in [-0.39, 0.29) is 36.8 Å². The summed E-state index contributed by atoms with van der Waals surface area (Å²) in [5.41, 5.74) is 10.1. The van der Waals surface area contributed by atoms with Crippen molar-refractivity contribution >= 4 is 33.1 Å². The van der Waals surface area contributed by atoms with Crippen molar-refractivity contribution in [3.8, 4) is 0 Å². The highest BCUT2D eigenvalue weighted by molar-refractivity contribution is 6.77. The number of fused-ring (bicyclic) bond motifs is 1. The fraction of sp³-hybridized carbons (Fsp3) is 0.560. The number of benzene rings is 1. The normalized spacial score (nSPS) is 20.8. The Labute approximate surface area is 210 Å². The van der Waals surface area contributed by atoms with Gasteiger partial charge in [-0.3, -0.25) is 4.98 Å². The fourth-order valence-corrected chi connectivity index (χ4v) is 11.3. The minimum absolute atomic E-state index is 0. The molecule has 0 radical (unpaired) electrons. The van der Waals surface area contributed by atoms with E-state index in [2.05, 4.69) is 41.5 Å². The lowest BCUT2D eigenvalue weighted by Crippen LogP contribution is -2.48. The molecule has 0 spiro atoms. The molecule has 0 fully saturated rings. The molecule has 1 aromatic heterocycles. The molecule has 3 rings (SSSR count). The van der Waals surface area contributed by atoms with Gasteiger partial charge in [0.05, 0.1) is 11.8 Å². The summed E-state index contributed by atoms with van der Waals surface area (Å²) in [5.74, 6) is -1.97. The molecule has 33 heavy (non-hydrogen) atoms. The SMILES string of the molecule is CC(C)[Si](O[C@@H]1CC[C@@H](c2cccc(F)c2F)[C@H](N)c2cccnc21)(C(C)C)C(C)C.Cl.Cl. The Morgan fingerprint density at radius 1 is 0.909 bits per heavy atom. The number of hydrogen-bond donors (Lipinski definition) is 1. The van der Waals surface area contributed by atoms with E-state index in [1.165, 1.54) is 0 Å². The Kier molecular flexibility index (Phi) is 11.0. The highest BCUT2D eigenvalue weighted by atomic mass is 35.5. The van der Waals surface area contributed by atoms with Gasteiger partial charge in [0.15, 0.2) is 11.6 Å². The zero-order valence-corrected chi connectivity index (χ0v) is 23.0. The predicted molar refractivity (Wildman–Crippen MR) is 139 cm³/mol. The second-order valence-corrected chi connectivity index (χ2v) is 15.2. The van der Waals surface area contributed by atoms with Crippen LogP contribution in [0.2, 0.25) is 16.6 Å². The zero-order valence-electron chi connectivity index (χ0n) is 20.3. The van der Waals surface area contributed by atoms with Gasteiger partial charge in [0.1, 0.15) is 0 Å². The van der Waals surface area contributed by atoms with Crippen molar-refractivity contribution in [2.45, 2.75) is 89.1 Å². The van der Waals surface area contributed by atoms with Gasteiger partial charge in [0.2, 0.25) is 8.32 Å². The third kappa shape index (κ3) is 5.62. The third-order valence-electron chi connectivity index (χ3n) is 7.14. The quantitative estimate of drug-likeness (QED) is 0.311. The Morgan fingerprint density at radius 3 is 2.06 bits per heavy atom. The molecule has 0 saturated carbocycles. The maximum Gasteiger partial charge on any atom is 0.201 e. The molecule has 1 aromatic carbocycles. The number of rotatable bonds is 6. The highest BCUT2D eigenvalue weighted by Gasteiger charge is 2.48. The van der Waals surface area contributed by atoms with Crippen LogP contribution in [0.5, 0.6) is 0 Å². The van der Waals surface area contributed by atoms with Gasteiger partial charge >= 0.3 is 0 Å². The van der Waals surface area contributed by atoms with Crippen LogP contribution in [0, 0.1) is 11.6 Å². The van der Waals surface area contributed by atoms with E-state index >= 15 is 0 Å². The van der Waals surface area contributed by atoms with Gasteiger partial charge in [0.25, 0.3) is 0 Å². The van der Waals surface area contributed by atoms with Crippen LogP contribution in [-0.4, -0.2) is 13.3 Å². The molecular weight excluding hydrogens is 481 g/mol. The van der Waals surface area contributed by atoms with E-state index in [0.717, 1.165) is 17.3 Å². The Morgan fingerprint density at radius 2 is 1.48 bits per heavy atom. The van der Waals surface area contributed by atoms with Crippen LogP contribution in [0.4, 0.5) is 8.78 Å². The van der Waals surface area contributed by atoms with Gasteiger partial charge < -0.3 is 10.2 Å². The second kappa shape index (κ2) is 12.1. The van der Waals surface area contributed by atoms with Gasteiger partial charge in [0, 0.05) is 18.2 Å². The van der Waals surface area contributed by atoms with Crippen molar-refractivity contribution in [3.05, 3.63) is 65.0 Å². The van der Waals surface area contributed by atoms with Gasteiger partial charge in [-0.15, -0.1) is 24.8 Å². The number of pyridine rings is 1. The van der Waals surface area contributed by atoms with Crippen LogP contribution in [0.1, 0.15) is 89.3 Å². The molecule has 1 aliphatic rings. The summed E-state index contributed by atoms with van der Waals surface area (Å²) in [7, 11) is -2.16. The summed E-state index contributed by atoms with van der Waals surface area (Å²) in [6.07, 6.45) is 2.87. The van der Waals surface area contributed by atoms with Crippen LogP contribution in [0.25, 0.3) is 0 Å². The molecule has 0 aliphatic heterocycles. The molecule has 3 nitrogen and oxygen atoms in total. The summed E-state index contributed by atoms with van der Waals surface area (Å²) < 4.78 is 35.8. The van der Waals surface area contributed by atoms with Crippen molar-refractivity contribution in [1.29, 1.82) is 0 Å². The molecule has 2 aromatic rings. The highest BCUT2D eigenvalue weighted by Crippen LogP contribution is 2.49.